The van der Waals surface area contributed by atoms with Crippen molar-refractivity contribution >= 4 is 17.3 Å². The lowest BCUT2D eigenvalue weighted by atomic mass is 9.45. The van der Waals surface area contributed by atoms with Gasteiger partial charge in [-0.1, -0.05) is 19.0 Å². The Balaban J connectivity index is 1.35. The Morgan fingerprint density at radius 3 is 2.68 bits per heavy atom. The maximum atomic E-state index is 13.3. The van der Waals surface area contributed by atoms with Crippen molar-refractivity contribution in [1.82, 2.24) is 5.32 Å². The Kier molecular flexibility index (Phi) is 4.46. The summed E-state index contributed by atoms with van der Waals surface area (Å²) in [6.07, 6.45) is 8.54. The minimum absolute atomic E-state index is 0.116. The Morgan fingerprint density at radius 2 is 1.89 bits per heavy atom. The van der Waals surface area contributed by atoms with Crippen LogP contribution < -0.4 is 5.32 Å². The fourth-order valence-electron chi connectivity index (χ4n) is 7.46. The number of fused-ring (bicyclic) bond motifs is 5. The number of nitrogens with zero attached hydrogens (tertiary/aromatic N) is 1. The highest BCUT2D eigenvalue weighted by molar-refractivity contribution is 5.91. The molecule has 0 aromatic heterocycles. The van der Waals surface area contributed by atoms with Crippen LogP contribution in [0.3, 0.4) is 0 Å². The predicted octanol–water partition coefficient (Wildman–Crippen LogP) is 3.51. The number of Topliss-reactive ketones (excluding diaryl/α,β-unsaturated/α-hetero) is 2. The molecule has 1 heterocycles. The summed E-state index contributed by atoms with van der Waals surface area (Å²) in [6, 6.07) is 0. The minimum Gasteiger partial charge on any atom is -0.391 e. The highest BCUT2D eigenvalue weighted by Crippen LogP contribution is 2.64. The zero-order valence-corrected chi connectivity index (χ0v) is 17.3. The molecular formula is C23H34N2O3. The van der Waals surface area contributed by atoms with Gasteiger partial charge in [-0.05, 0) is 68.2 Å². The van der Waals surface area contributed by atoms with Crippen LogP contribution in [0.15, 0.2) is 5.16 Å². The van der Waals surface area contributed by atoms with Crippen molar-refractivity contribution in [3.05, 3.63) is 0 Å². The maximum absolute atomic E-state index is 13.3. The molecule has 4 aliphatic carbocycles. The van der Waals surface area contributed by atoms with E-state index in [1.165, 1.54) is 0 Å². The van der Waals surface area contributed by atoms with E-state index in [1.807, 2.05) is 0 Å². The van der Waals surface area contributed by atoms with Crippen molar-refractivity contribution in [2.75, 3.05) is 13.1 Å². The molecular weight excluding hydrogens is 352 g/mol. The summed E-state index contributed by atoms with van der Waals surface area (Å²) in [5.74, 6) is 2.08. The molecule has 1 saturated heterocycles. The minimum atomic E-state index is -0.232. The third-order valence-electron chi connectivity index (χ3n) is 9.36. The normalized spacial score (nSPS) is 49.6. The van der Waals surface area contributed by atoms with E-state index in [0.717, 1.165) is 63.7 Å². The first-order valence-corrected chi connectivity index (χ1v) is 11.4. The summed E-state index contributed by atoms with van der Waals surface area (Å²) < 4.78 is 0. The molecule has 7 atom stereocenters. The Hall–Kier alpha value is -1.23. The van der Waals surface area contributed by atoms with Crippen molar-refractivity contribution in [1.29, 1.82) is 0 Å². The third kappa shape index (κ3) is 2.72. The Morgan fingerprint density at radius 1 is 1.04 bits per heavy atom. The number of nitrogens with one attached hydrogen (secondary N) is 1. The van der Waals surface area contributed by atoms with Gasteiger partial charge in [0.1, 0.15) is 17.7 Å². The molecule has 0 aromatic carbocycles. The molecule has 5 nitrogen and oxygen atoms in total. The third-order valence-corrected chi connectivity index (χ3v) is 9.36. The second kappa shape index (κ2) is 6.65. The van der Waals surface area contributed by atoms with Crippen LogP contribution in [-0.4, -0.2) is 36.5 Å². The number of carbonyl (C=O) groups excluding carboxylic acids is 2. The van der Waals surface area contributed by atoms with Gasteiger partial charge in [0.05, 0.1) is 5.71 Å². The van der Waals surface area contributed by atoms with E-state index in [0.29, 0.717) is 36.2 Å². The number of rotatable bonds is 2. The average molecular weight is 387 g/mol. The van der Waals surface area contributed by atoms with E-state index in [2.05, 4.69) is 24.3 Å². The van der Waals surface area contributed by atoms with Crippen LogP contribution in [0.2, 0.25) is 0 Å². The zero-order valence-electron chi connectivity index (χ0n) is 17.3. The first kappa shape index (κ1) is 18.8. The average Bonchev–Trinajstić information content (AvgIpc) is 3.29. The Labute approximate surface area is 168 Å². The lowest BCUT2D eigenvalue weighted by Gasteiger charge is -2.58. The Bertz CT molecular complexity index is 713. The molecule has 5 fully saturated rings. The predicted molar refractivity (Wildman–Crippen MR) is 107 cm³/mol. The van der Waals surface area contributed by atoms with Crippen LogP contribution in [0.5, 0.6) is 0 Å². The lowest BCUT2D eigenvalue weighted by Crippen LogP contribution is -2.57. The number of carbonyl (C=O) groups is 2. The van der Waals surface area contributed by atoms with Gasteiger partial charge in [0.25, 0.3) is 0 Å². The van der Waals surface area contributed by atoms with Crippen LogP contribution in [0.4, 0.5) is 0 Å². The van der Waals surface area contributed by atoms with Gasteiger partial charge in [0, 0.05) is 37.1 Å². The standard InChI is InChI=1S/C23H34N2O3/c1-22-8-5-15(25-28-16-7-10-24-13-16)11-14(22)12-19(26)21-17-3-4-20(27)23(17,2)9-6-18(21)22/h14,16-18,21,24H,3-13H2,1-2H3/t14-,16-,17+,18+,21+,22+,23+/m1/s1. The number of hydrogen-bond donors (Lipinski definition) is 1. The van der Waals surface area contributed by atoms with Gasteiger partial charge in [-0.2, -0.15) is 0 Å². The maximum Gasteiger partial charge on any atom is 0.141 e. The summed E-state index contributed by atoms with van der Waals surface area (Å²) >= 11 is 0. The molecule has 1 aliphatic heterocycles. The number of ketones is 2. The molecule has 0 amide bonds. The van der Waals surface area contributed by atoms with Crippen molar-refractivity contribution in [3.8, 4) is 0 Å². The zero-order chi connectivity index (χ0) is 19.5. The van der Waals surface area contributed by atoms with Gasteiger partial charge in [-0.15, -0.1) is 0 Å². The summed E-state index contributed by atoms with van der Waals surface area (Å²) in [6.45, 7) is 6.47. The van der Waals surface area contributed by atoms with Gasteiger partial charge >= 0.3 is 0 Å². The summed E-state index contributed by atoms with van der Waals surface area (Å²) in [7, 11) is 0. The number of hydrogen-bond acceptors (Lipinski definition) is 5. The van der Waals surface area contributed by atoms with E-state index < -0.39 is 0 Å². The largest absolute Gasteiger partial charge is 0.391 e. The fraction of sp³-hybridized carbons (Fsp3) is 0.870. The molecule has 28 heavy (non-hydrogen) atoms. The van der Waals surface area contributed by atoms with Gasteiger partial charge in [-0.3, -0.25) is 9.59 Å². The summed E-state index contributed by atoms with van der Waals surface area (Å²) in [4.78, 5) is 31.6. The van der Waals surface area contributed by atoms with E-state index in [9.17, 15) is 9.59 Å². The van der Waals surface area contributed by atoms with Gasteiger partial charge in [-0.25, -0.2) is 0 Å². The van der Waals surface area contributed by atoms with Crippen molar-refractivity contribution in [2.24, 2.45) is 39.7 Å². The van der Waals surface area contributed by atoms with Crippen LogP contribution >= 0.6 is 0 Å². The van der Waals surface area contributed by atoms with E-state index in [-0.39, 0.29) is 28.8 Å². The highest BCUT2D eigenvalue weighted by Gasteiger charge is 2.62. The smallest absolute Gasteiger partial charge is 0.141 e. The molecule has 154 valence electrons. The van der Waals surface area contributed by atoms with Crippen LogP contribution in [0.25, 0.3) is 0 Å². The molecule has 0 aromatic rings. The second-order valence-electron chi connectivity index (χ2n) is 10.6. The van der Waals surface area contributed by atoms with Crippen LogP contribution in [0.1, 0.15) is 71.6 Å². The molecule has 0 unspecified atom stereocenters. The molecule has 0 spiro atoms. The van der Waals surface area contributed by atoms with Gasteiger partial charge in [0.2, 0.25) is 0 Å². The number of oxime groups is 1. The molecule has 1 N–H and O–H groups in total. The van der Waals surface area contributed by atoms with Crippen molar-refractivity contribution in [3.63, 3.8) is 0 Å². The van der Waals surface area contributed by atoms with Crippen molar-refractivity contribution < 1.29 is 14.4 Å². The lowest BCUT2D eigenvalue weighted by molar-refractivity contribution is -0.154. The molecule has 5 rings (SSSR count). The van der Waals surface area contributed by atoms with Crippen LogP contribution in [-0.2, 0) is 14.4 Å². The monoisotopic (exact) mass is 386 g/mol. The van der Waals surface area contributed by atoms with E-state index >= 15 is 0 Å². The molecule has 5 aliphatic rings. The topological polar surface area (TPSA) is 67.8 Å². The first-order valence-electron chi connectivity index (χ1n) is 11.4. The summed E-state index contributed by atoms with van der Waals surface area (Å²) in [5.41, 5.74) is 1.13. The molecule has 0 bridgehead atoms. The second-order valence-corrected chi connectivity index (χ2v) is 10.6. The van der Waals surface area contributed by atoms with Gasteiger partial charge < -0.3 is 10.2 Å². The first-order chi connectivity index (χ1) is 13.4. The highest BCUT2D eigenvalue weighted by atomic mass is 16.6. The molecule has 4 saturated carbocycles. The van der Waals surface area contributed by atoms with E-state index in [1.54, 1.807) is 0 Å². The molecule has 5 heteroatoms. The van der Waals surface area contributed by atoms with Gasteiger partial charge in [0.15, 0.2) is 0 Å². The fourth-order valence-corrected chi connectivity index (χ4v) is 7.46. The van der Waals surface area contributed by atoms with Crippen molar-refractivity contribution in [2.45, 2.75) is 77.7 Å². The quantitative estimate of drug-likeness (QED) is 0.738. The van der Waals surface area contributed by atoms with Crippen LogP contribution in [0, 0.1) is 34.5 Å². The summed E-state index contributed by atoms with van der Waals surface area (Å²) in [5, 5.41) is 7.82. The SMILES string of the molecule is C[C@]12CCC(=NO[C@@H]3CCNC3)C[C@@H]1CC(=O)[C@@H]1[C@@H]2CC[C@]2(C)C(=O)CC[C@@H]12. The van der Waals surface area contributed by atoms with E-state index in [4.69, 9.17) is 4.84 Å². The molecule has 0 radical (unpaired) electrons.